The third-order valence-electron chi connectivity index (χ3n) is 6.25. The Morgan fingerprint density at radius 3 is 3.00 bits per heavy atom. The first-order chi connectivity index (χ1) is 12.2. The van der Waals surface area contributed by atoms with E-state index in [0.29, 0.717) is 6.61 Å². The van der Waals surface area contributed by atoms with E-state index in [9.17, 15) is 4.79 Å². The predicted octanol–water partition coefficient (Wildman–Crippen LogP) is 2.94. The van der Waals surface area contributed by atoms with Gasteiger partial charge in [-0.3, -0.25) is 19.5 Å². The van der Waals surface area contributed by atoms with Gasteiger partial charge in [0.25, 0.3) is 0 Å². The molecule has 25 heavy (non-hydrogen) atoms. The van der Waals surface area contributed by atoms with E-state index in [1.165, 1.54) is 12.8 Å². The second kappa shape index (κ2) is 7.04. The van der Waals surface area contributed by atoms with Gasteiger partial charge < -0.3 is 0 Å². The van der Waals surface area contributed by atoms with Crippen LogP contribution in [0.15, 0.2) is 18.2 Å². The average molecular weight is 343 g/mol. The molecule has 0 aromatic carbocycles. The minimum Gasteiger partial charge on any atom is -0.297 e. The molecule has 3 heterocycles. The Morgan fingerprint density at radius 1 is 1.28 bits per heavy atom. The van der Waals surface area contributed by atoms with E-state index in [1.807, 2.05) is 13.0 Å². The Hall–Kier alpha value is -1.46. The number of hydroxylamine groups is 2. The fraction of sp³-hybridized carbons (Fsp3) is 0.700. The van der Waals surface area contributed by atoms with Gasteiger partial charge in [-0.2, -0.15) is 0 Å². The standard InChI is InChI=1S/C20H29N3O2/c1-16-6-4-7-17(21-16)14-22-12-10-20(15-22)9-5-8-18(20)19(24)23-11-2-3-13-25-23/h4,6-7,18H,2-3,5,8-15H2,1H3. The number of pyridine rings is 1. The summed E-state index contributed by atoms with van der Waals surface area (Å²) in [5, 5.41) is 1.67. The molecule has 3 aliphatic rings. The van der Waals surface area contributed by atoms with Crippen molar-refractivity contribution < 1.29 is 9.63 Å². The fourth-order valence-corrected chi connectivity index (χ4v) is 4.99. The van der Waals surface area contributed by atoms with Crippen molar-refractivity contribution in [2.75, 3.05) is 26.2 Å². The molecule has 2 unspecified atom stereocenters. The highest BCUT2D eigenvalue weighted by molar-refractivity contribution is 5.79. The van der Waals surface area contributed by atoms with E-state index in [4.69, 9.17) is 4.84 Å². The van der Waals surface area contributed by atoms with Crippen LogP contribution in [0.4, 0.5) is 0 Å². The summed E-state index contributed by atoms with van der Waals surface area (Å²) in [7, 11) is 0. The van der Waals surface area contributed by atoms with Crippen LogP contribution >= 0.6 is 0 Å². The summed E-state index contributed by atoms with van der Waals surface area (Å²) in [6, 6.07) is 6.23. The molecule has 0 radical (unpaired) electrons. The van der Waals surface area contributed by atoms with Crippen LogP contribution in [0, 0.1) is 18.3 Å². The van der Waals surface area contributed by atoms with Crippen molar-refractivity contribution in [1.82, 2.24) is 14.9 Å². The molecule has 2 aliphatic heterocycles. The van der Waals surface area contributed by atoms with E-state index in [2.05, 4.69) is 22.0 Å². The van der Waals surface area contributed by atoms with Crippen molar-refractivity contribution in [2.24, 2.45) is 11.3 Å². The van der Waals surface area contributed by atoms with Gasteiger partial charge in [-0.1, -0.05) is 12.5 Å². The highest BCUT2D eigenvalue weighted by atomic mass is 16.7. The minimum atomic E-state index is 0.140. The van der Waals surface area contributed by atoms with Crippen molar-refractivity contribution in [3.05, 3.63) is 29.6 Å². The van der Waals surface area contributed by atoms with Gasteiger partial charge in [0.15, 0.2) is 0 Å². The maximum Gasteiger partial charge on any atom is 0.249 e. The highest BCUT2D eigenvalue weighted by Gasteiger charge is 2.51. The number of amides is 1. The third-order valence-corrected chi connectivity index (χ3v) is 6.25. The number of rotatable bonds is 3. The molecule has 1 aromatic heterocycles. The van der Waals surface area contributed by atoms with Crippen LogP contribution in [-0.2, 0) is 16.2 Å². The Labute approximate surface area is 150 Å². The topological polar surface area (TPSA) is 45.7 Å². The summed E-state index contributed by atoms with van der Waals surface area (Å²) in [5.41, 5.74) is 2.36. The molecule has 1 saturated carbocycles. The van der Waals surface area contributed by atoms with Crippen LogP contribution in [0.25, 0.3) is 0 Å². The summed E-state index contributed by atoms with van der Waals surface area (Å²) >= 11 is 0. The Morgan fingerprint density at radius 2 is 2.20 bits per heavy atom. The van der Waals surface area contributed by atoms with Gasteiger partial charge in [0.2, 0.25) is 5.91 Å². The van der Waals surface area contributed by atoms with Gasteiger partial charge in [-0.05, 0) is 63.1 Å². The average Bonchev–Trinajstić information content (AvgIpc) is 3.22. The number of aromatic nitrogens is 1. The molecule has 1 aromatic rings. The summed E-state index contributed by atoms with van der Waals surface area (Å²) in [5.74, 6) is 0.383. The number of hydrogen-bond acceptors (Lipinski definition) is 4. The molecule has 5 heteroatoms. The third kappa shape index (κ3) is 3.44. The molecule has 5 nitrogen and oxygen atoms in total. The number of hydrogen-bond donors (Lipinski definition) is 0. The molecule has 0 N–H and O–H groups in total. The van der Waals surface area contributed by atoms with Crippen molar-refractivity contribution >= 4 is 5.91 Å². The molecule has 0 bridgehead atoms. The SMILES string of the molecule is Cc1cccc(CN2CCC3(CCCC3C(=O)N3CCCCO3)C2)n1. The summed E-state index contributed by atoms with van der Waals surface area (Å²) in [6.45, 7) is 6.48. The van der Waals surface area contributed by atoms with Crippen LogP contribution in [0.3, 0.4) is 0 Å². The lowest BCUT2D eigenvalue weighted by Crippen LogP contribution is -2.45. The zero-order valence-corrected chi connectivity index (χ0v) is 15.2. The summed E-state index contributed by atoms with van der Waals surface area (Å²) < 4.78 is 0. The first-order valence-electron chi connectivity index (χ1n) is 9.75. The van der Waals surface area contributed by atoms with Crippen LogP contribution < -0.4 is 0 Å². The zero-order chi connectivity index (χ0) is 17.3. The van der Waals surface area contributed by atoms with Crippen molar-refractivity contribution in [3.63, 3.8) is 0 Å². The normalized spacial score (nSPS) is 30.3. The van der Waals surface area contributed by atoms with Gasteiger partial charge in [0.1, 0.15) is 0 Å². The molecule has 4 rings (SSSR count). The van der Waals surface area contributed by atoms with E-state index < -0.39 is 0 Å². The Bertz CT molecular complexity index is 629. The van der Waals surface area contributed by atoms with Gasteiger partial charge in [-0.25, -0.2) is 5.06 Å². The maximum atomic E-state index is 13.0. The van der Waals surface area contributed by atoms with Crippen molar-refractivity contribution in [3.8, 4) is 0 Å². The quantitative estimate of drug-likeness (QED) is 0.846. The number of aryl methyl sites for hydroxylation is 1. The molecular formula is C20H29N3O2. The molecule has 1 spiro atoms. The predicted molar refractivity (Wildman–Crippen MR) is 95.5 cm³/mol. The van der Waals surface area contributed by atoms with Crippen LogP contribution in [0.1, 0.15) is 49.9 Å². The van der Waals surface area contributed by atoms with Crippen LogP contribution in [0.5, 0.6) is 0 Å². The Balaban J connectivity index is 1.43. The number of carbonyl (C=O) groups is 1. The molecule has 1 aliphatic carbocycles. The van der Waals surface area contributed by atoms with Crippen LogP contribution in [0.2, 0.25) is 0 Å². The minimum absolute atomic E-state index is 0.140. The van der Waals surface area contributed by atoms with Gasteiger partial charge in [0, 0.05) is 31.2 Å². The van der Waals surface area contributed by atoms with Crippen molar-refractivity contribution in [1.29, 1.82) is 0 Å². The molecule has 136 valence electrons. The maximum absolute atomic E-state index is 13.0. The van der Waals surface area contributed by atoms with E-state index >= 15 is 0 Å². The smallest absolute Gasteiger partial charge is 0.249 e. The number of nitrogens with zero attached hydrogens (tertiary/aromatic N) is 3. The lowest BCUT2D eigenvalue weighted by atomic mass is 9.76. The van der Waals surface area contributed by atoms with E-state index in [1.54, 1.807) is 5.06 Å². The molecule has 1 amide bonds. The first kappa shape index (κ1) is 17.0. The number of likely N-dealkylation sites (tertiary alicyclic amines) is 1. The second-order valence-corrected chi connectivity index (χ2v) is 8.02. The van der Waals surface area contributed by atoms with Crippen LogP contribution in [-0.4, -0.2) is 47.1 Å². The lowest BCUT2D eigenvalue weighted by molar-refractivity contribution is -0.204. The van der Waals surface area contributed by atoms with E-state index in [-0.39, 0.29) is 17.2 Å². The largest absolute Gasteiger partial charge is 0.297 e. The molecule has 3 fully saturated rings. The molecule has 2 atom stereocenters. The fourth-order valence-electron chi connectivity index (χ4n) is 4.99. The molecule has 2 saturated heterocycles. The summed E-state index contributed by atoms with van der Waals surface area (Å²) in [6.07, 6.45) is 6.63. The van der Waals surface area contributed by atoms with Crippen molar-refractivity contribution in [2.45, 2.75) is 52.0 Å². The Kier molecular flexibility index (Phi) is 4.78. The second-order valence-electron chi connectivity index (χ2n) is 8.02. The lowest BCUT2D eigenvalue weighted by Gasteiger charge is -2.35. The van der Waals surface area contributed by atoms with Gasteiger partial charge in [-0.15, -0.1) is 0 Å². The van der Waals surface area contributed by atoms with Gasteiger partial charge in [0.05, 0.1) is 12.3 Å². The zero-order valence-electron chi connectivity index (χ0n) is 15.2. The monoisotopic (exact) mass is 343 g/mol. The first-order valence-corrected chi connectivity index (χ1v) is 9.75. The van der Waals surface area contributed by atoms with Gasteiger partial charge >= 0.3 is 0 Å². The summed E-state index contributed by atoms with van der Waals surface area (Å²) in [4.78, 5) is 25.8. The van der Waals surface area contributed by atoms with E-state index in [0.717, 1.165) is 63.3 Å². The molecular weight excluding hydrogens is 314 g/mol. The number of carbonyl (C=O) groups excluding carboxylic acids is 1. The highest BCUT2D eigenvalue weighted by Crippen LogP contribution is 2.50.